The summed E-state index contributed by atoms with van der Waals surface area (Å²) in [6.07, 6.45) is 4.58. The number of halogens is 1. The summed E-state index contributed by atoms with van der Waals surface area (Å²) in [5, 5.41) is 7.73. The minimum atomic E-state index is 0.0775. The number of aromatic nitrogens is 2. The maximum atomic E-state index is 13.6. The van der Waals surface area contributed by atoms with Gasteiger partial charge in [0.15, 0.2) is 5.69 Å². The maximum absolute atomic E-state index is 13.6. The number of hydrogen-bond acceptors (Lipinski definition) is 4. The van der Waals surface area contributed by atoms with Crippen molar-refractivity contribution >= 4 is 28.8 Å². The standard InChI is InChI=1S/C24H25ClN4OS/c25-17-3-5-18(6-4-17)29-23-19-9-14-31-21(19)8-7-20(23)22(26-29)24(30)28-12-10-27(11-13-28)15-16-1-2-16/h3-6,9,14,16H,1-2,7-8,10-13,15H2. The SMILES string of the molecule is O=C(c1nn(-c2ccc(Cl)cc2)c2c1CCc1sccc1-2)N1CCN(CC2CC2)CC1. The Balaban J connectivity index is 1.34. The molecule has 31 heavy (non-hydrogen) atoms. The first kappa shape index (κ1) is 19.5. The lowest BCUT2D eigenvalue weighted by Crippen LogP contribution is -2.49. The summed E-state index contributed by atoms with van der Waals surface area (Å²) in [4.78, 5) is 19.5. The quantitative estimate of drug-likeness (QED) is 0.584. The molecule has 6 rings (SSSR count). The Morgan fingerprint density at radius 2 is 1.84 bits per heavy atom. The van der Waals surface area contributed by atoms with Gasteiger partial charge in [-0.2, -0.15) is 5.10 Å². The van der Waals surface area contributed by atoms with Crippen molar-refractivity contribution in [3.05, 3.63) is 56.9 Å². The highest BCUT2D eigenvalue weighted by atomic mass is 35.5. The molecular formula is C24H25ClN4OS. The minimum Gasteiger partial charge on any atom is -0.335 e. The van der Waals surface area contributed by atoms with Crippen molar-refractivity contribution in [3.8, 4) is 16.9 Å². The number of thiophene rings is 1. The van der Waals surface area contributed by atoms with Gasteiger partial charge >= 0.3 is 0 Å². The smallest absolute Gasteiger partial charge is 0.274 e. The Labute approximate surface area is 191 Å². The van der Waals surface area contributed by atoms with E-state index in [1.807, 2.05) is 33.8 Å². The van der Waals surface area contributed by atoms with Crippen LogP contribution < -0.4 is 0 Å². The van der Waals surface area contributed by atoms with Gasteiger partial charge in [-0.3, -0.25) is 9.69 Å². The van der Waals surface area contributed by atoms with Crippen molar-refractivity contribution < 1.29 is 4.79 Å². The van der Waals surface area contributed by atoms with E-state index in [2.05, 4.69) is 16.3 Å². The molecule has 160 valence electrons. The third kappa shape index (κ3) is 3.60. The van der Waals surface area contributed by atoms with Crippen molar-refractivity contribution in [1.82, 2.24) is 19.6 Å². The summed E-state index contributed by atoms with van der Waals surface area (Å²) >= 11 is 7.91. The molecule has 5 nitrogen and oxygen atoms in total. The lowest BCUT2D eigenvalue weighted by atomic mass is 9.94. The van der Waals surface area contributed by atoms with Crippen LogP contribution in [0.2, 0.25) is 5.02 Å². The van der Waals surface area contributed by atoms with Crippen LogP contribution in [0.5, 0.6) is 0 Å². The summed E-state index contributed by atoms with van der Waals surface area (Å²) in [6, 6.07) is 9.87. The van der Waals surface area contributed by atoms with Crippen LogP contribution in [0.15, 0.2) is 35.7 Å². The molecule has 3 heterocycles. The molecule has 1 saturated carbocycles. The molecule has 3 aliphatic rings. The first-order valence-corrected chi connectivity index (χ1v) is 12.4. The Kier molecular flexibility index (Phi) is 4.89. The lowest BCUT2D eigenvalue weighted by molar-refractivity contribution is 0.0624. The van der Waals surface area contributed by atoms with E-state index >= 15 is 0 Å². The number of carbonyl (C=O) groups excluding carboxylic acids is 1. The highest BCUT2D eigenvalue weighted by Crippen LogP contribution is 2.40. The van der Waals surface area contributed by atoms with Crippen LogP contribution in [0.4, 0.5) is 0 Å². The fraction of sp³-hybridized carbons (Fsp3) is 0.417. The number of amides is 1. The molecule has 1 amide bonds. The molecular weight excluding hydrogens is 428 g/mol. The topological polar surface area (TPSA) is 41.4 Å². The minimum absolute atomic E-state index is 0.0775. The van der Waals surface area contributed by atoms with Crippen LogP contribution in [0.3, 0.4) is 0 Å². The molecule has 2 fully saturated rings. The fourth-order valence-corrected chi connectivity index (χ4v) is 5.84. The summed E-state index contributed by atoms with van der Waals surface area (Å²) in [5.74, 6) is 0.970. The number of nitrogens with zero attached hydrogens (tertiary/aromatic N) is 4. The average molecular weight is 453 g/mol. The third-order valence-corrected chi connectivity index (χ3v) is 7.97. The number of fused-ring (bicyclic) bond motifs is 3. The molecule has 1 aliphatic heterocycles. The van der Waals surface area contributed by atoms with Gasteiger partial charge in [0, 0.05) is 53.8 Å². The second-order valence-electron chi connectivity index (χ2n) is 8.86. The molecule has 0 N–H and O–H groups in total. The monoisotopic (exact) mass is 452 g/mol. The third-order valence-electron chi connectivity index (χ3n) is 6.73. The van der Waals surface area contributed by atoms with Gasteiger partial charge in [0.1, 0.15) is 0 Å². The van der Waals surface area contributed by atoms with E-state index in [9.17, 15) is 4.79 Å². The first-order valence-electron chi connectivity index (χ1n) is 11.1. The predicted molar refractivity (Wildman–Crippen MR) is 124 cm³/mol. The van der Waals surface area contributed by atoms with E-state index in [-0.39, 0.29) is 5.91 Å². The molecule has 0 atom stereocenters. The zero-order chi connectivity index (χ0) is 20.9. The summed E-state index contributed by atoms with van der Waals surface area (Å²) in [5.41, 5.74) is 4.93. The summed E-state index contributed by atoms with van der Waals surface area (Å²) in [7, 11) is 0. The average Bonchev–Trinajstić information content (AvgIpc) is 3.33. The Hall–Kier alpha value is -2.15. The summed E-state index contributed by atoms with van der Waals surface area (Å²) in [6.45, 7) is 4.72. The van der Waals surface area contributed by atoms with Crippen LogP contribution in [0, 0.1) is 5.92 Å². The molecule has 1 aromatic carbocycles. The largest absolute Gasteiger partial charge is 0.335 e. The highest BCUT2D eigenvalue weighted by molar-refractivity contribution is 7.10. The molecule has 0 unspecified atom stereocenters. The van der Waals surface area contributed by atoms with Crippen molar-refractivity contribution in [2.45, 2.75) is 25.7 Å². The van der Waals surface area contributed by atoms with Crippen molar-refractivity contribution in [3.63, 3.8) is 0 Å². The number of benzene rings is 1. The van der Waals surface area contributed by atoms with Crippen molar-refractivity contribution in [2.24, 2.45) is 5.92 Å². The van der Waals surface area contributed by atoms with Gasteiger partial charge in [0.2, 0.25) is 0 Å². The molecule has 0 radical (unpaired) electrons. The Bertz CT molecular complexity index is 1120. The van der Waals surface area contributed by atoms with Crippen LogP contribution >= 0.6 is 22.9 Å². The normalized spacial score (nSPS) is 18.7. The van der Waals surface area contributed by atoms with Crippen LogP contribution in [0.25, 0.3) is 16.9 Å². The number of hydrogen-bond donors (Lipinski definition) is 0. The van der Waals surface area contributed by atoms with E-state index < -0.39 is 0 Å². The number of rotatable bonds is 4. The molecule has 0 spiro atoms. The first-order chi connectivity index (χ1) is 15.2. The van der Waals surface area contributed by atoms with E-state index in [1.54, 1.807) is 11.3 Å². The van der Waals surface area contributed by atoms with Gasteiger partial charge in [-0.1, -0.05) is 11.6 Å². The second-order valence-corrected chi connectivity index (χ2v) is 10.3. The van der Waals surface area contributed by atoms with Gasteiger partial charge in [0.25, 0.3) is 5.91 Å². The zero-order valence-corrected chi connectivity index (χ0v) is 19.0. The van der Waals surface area contributed by atoms with Crippen LogP contribution in [0.1, 0.15) is 33.8 Å². The van der Waals surface area contributed by atoms with E-state index in [0.29, 0.717) is 10.7 Å². The van der Waals surface area contributed by atoms with Crippen LogP contribution in [-0.4, -0.2) is 58.2 Å². The molecule has 3 aromatic rings. The van der Waals surface area contributed by atoms with E-state index in [4.69, 9.17) is 16.7 Å². The summed E-state index contributed by atoms with van der Waals surface area (Å²) < 4.78 is 1.95. The number of carbonyl (C=O) groups is 1. The van der Waals surface area contributed by atoms with Gasteiger partial charge in [-0.05, 0) is 67.3 Å². The van der Waals surface area contributed by atoms with Gasteiger partial charge in [-0.15, -0.1) is 11.3 Å². The molecule has 2 aromatic heterocycles. The molecule has 2 aliphatic carbocycles. The Morgan fingerprint density at radius 3 is 2.58 bits per heavy atom. The number of piperazine rings is 1. The van der Waals surface area contributed by atoms with Crippen molar-refractivity contribution in [2.75, 3.05) is 32.7 Å². The van der Waals surface area contributed by atoms with E-state index in [1.165, 1.54) is 29.8 Å². The zero-order valence-electron chi connectivity index (χ0n) is 17.4. The van der Waals surface area contributed by atoms with Gasteiger partial charge in [0.05, 0.1) is 11.4 Å². The molecule has 1 saturated heterocycles. The van der Waals surface area contributed by atoms with Crippen LogP contribution in [-0.2, 0) is 12.8 Å². The lowest BCUT2D eigenvalue weighted by Gasteiger charge is -2.34. The van der Waals surface area contributed by atoms with Gasteiger partial charge in [-0.25, -0.2) is 4.68 Å². The predicted octanol–water partition coefficient (Wildman–Crippen LogP) is 4.52. The molecule has 0 bridgehead atoms. The van der Waals surface area contributed by atoms with Crippen molar-refractivity contribution in [1.29, 1.82) is 0 Å². The fourth-order valence-electron chi connectivity index (χ4n) is 4.84. The Morgan fingerprint density at radius 1 is 1.06 bits per heavy atom. The maximum Gasteiger partial charge on any atom is 0.274 e. The second kappa shape index (κ2) is 7.76. The van der Waals surface area contributed by atoms with E-state index in [0.717, 1.165) is 61.9 Å². The molecule has 7 heteroatoms. The van der Waals surface area contributed by atoms with Gasteiger partial charge < -0.3 is 4.90 Å². The highest BCUT2D eigenvalue weighted by Gasteiger charge is 2.33. The number of aryl methyl sites for hydroxylation is 1.